The highest BCUT2D eigenvalue weighted by molar-refractivity contribution is 9.10. The summed E-state index contributed by atoms with van der Waals surface area (Å²) in [7, 11) is 0. The van der Waals surface area contributed by atoms with E-state index in [0.717, 1.165) is 15.2 Å². The first kappa shape index (κ1) is 13.8. The van der Waals surface area contributed by atoms with Gasteiger partial charge < -0.3 is 5.32 Å². The maximum Gasteiger partial charge on any atom is 0.0648 e. The van der Waals surface area contributed by atoms with Crippen LogP contribution in [0.2, 0.25) is 5.02 Å². The topological polar surface area (TPSA) is 12.0 Å². The predicted octanol–water partition coefficient (Wildman–Crippen LogP) is 6.02. The number of halogens is 2. The fourth-order valence-electron chi connectivity index (χ4n) is 3.83. The number of hydrogen-bond acceptors (Lipinski definition) is 1. The fourth-order valence-corrected chi connectivity index (χ4v) is 4.55. The SMILES string of the molecule is Clc1cc(Br)ccc1NC1CCC2(CCCC2)CC1. The molecule has 3 heteroatoms. The van der Waals surface area contributed by atoms with Crippen LogP contribution < -0.4 is 5.32 Å². The maximum absolute atomic E-state index is 6.28. The molecule has 0 bridgehead atoms. The van der Waals surface area contributed by atoms with Gasteiger partial charge in [-0.05, 0) is 62.1 Å². The standard InChI is InChI=1S/C16H21BrClN/c17-12-3-4-15(14(18)11-12)19-13-5-9-16(10-6-13)7-1-2-8-16/h3-4,11,13,19H,1-2,5-10H2. The first-order valence-corrected chi connectivity index (χ1v) is 8.56. The number of nitrogens with one attached hydrogen (secondary N) is 1. The lowest BCUT2D eigenvalue weighted by Crippen LogP contribution is -2.31. The van der Waals surface area contributed by atoms with Gasteiger partial charge in [-0.15, -0.1) is 0 Å². The fraction of sp³-hybridized carbons (Fsp3) is 0.625. The molecular weight excluding hydrogens is 322 g/mol. The molecule has 104 valence electrons. The Morgan fingerprint density at radius 1 is 1.11 bits per heavy atom. The lowest BCUT2D eigenvalue weighted by molar-refractivity contribution is 0.188. The number of benzene rings is 1. The summed E-state index contributed by atoms with van der Waals surface area (Å²) < 4.78 is 1.04. The monoisotopic (exact) mass is 341 g/mol. The quantitative estimate of drug-likeness (QED) is 0.693. The summed E-state index contributed by atoms with van der Waals surface area (Å²) in [6.45, 7) is 0. The summed E-state index contributed by atoms with van der Waals surface area (Å²) in [4.78, 5) is 0. The molecule has 2 saturated carbocycles. The van der Waals surface area contributed by atoms with Crippen LogP contribution in [0, 0.1) is 5.41 Å². The molecule has 1 spiro atoms. The molecule has 0 saturated heterocycles. The molecule has 0 amide bonds. The third kappa shape index (κ3) is 3.11. The zero-order valence-corrected chi connectivity index (χ0v) is 13.6. The first-order chi connectivity index (χ1) is 9.17. The van der Waals surface area contributed by atoms with E-state index in [2.05, 4.69) is 33.4 Å². The van der Waals surface area contributed by atoms with Gasteiger partial charge in [-0.2, -0.15) is 0 Å². The van der Waals surface area contributed by atoms with E-state index in [1.165, 1.54) is 51.4 Å². The average Bonchev–Trinajstić information content (AvgIpc) is 2.84. The van der Waals surface area contributed by atoms with Crippen molar-refractivity contribution >= 4 is 33.2 Å². The van der Waals surface area contributed by atoms with Gasteiger partial charge in [0, 0.05) is 10.5 Å². The molecule has 2 aliphatic rings. The number of anilines is 1. The second-order valence-electron chi connectivity index (χ2n) is 6.25. The van der Waals surface area contributed by atoms with Gasteiger partial charge in [0.2, 0.25) is 0 Å². The van der Waals surface area contributed by atoms with Crippen LogP contribution in [0.4, 0.5) is 5.69 Å². The number of rotatable bonds is 2. The summed E-state index contributed by atoms with van der Waals surface area (Å²) in [6, 6.07) is 6.69. The molecule has 0 aromatic heterocycles. The van der Waals surface area contributed by atoms with Crippen LogP contribution in [0.25, 0.3) is 0 Å². The van der Waals surface area contributed by atoms with Crippen LogP contribution in [0.1, 0.15) is 51.4 Å². The van der Waals surface area contributed by atoms with Gasteiger partial charge in [-0.3, -0.25) is 0 Å². The van der Waals surface area contributed by atoms with Crippen molar-refractivity contribution in [2.75, 3.05) is 5.32 Å². The Hall–Kier alpha value is -0.210. The van der Waals surface area contributed by atoms with Crippen LogP contribution >= 0.6 is 27.5 Å². The summed E-state index contributed by atoms with van der Waals surface area (Å²) in [6.07, 6.45) is 11.3. The Morgan fingerprint density at radius 2 is 1.79 bits per heavy atom. The second-order valence-corrected chi connectivity index (χ2v) is 7.57. The van der Waals surface area contributed by atoms with Crippen molar-refractivity contribution in [3.05, 3.63) is 27.7 Å². The summed E-state index contributed by atoms with van der Waals surface area (Å²) in [5, 5.41) is 4.45. The molecule has 3 rings (SSSR count). The van der Waals surface area contributed by atoms with Gasteiger partial charge in [0.05, 0.1) is 10.7 Å². The van der Waals surface area contributed by atoms with Gasteiger partial charge in [-0.1, -0.05) is 40.4 Å². The van der Waals surface area contributed by atoms with Crippen LogP contribution in [0.15, 0.2) is 22.7 Å². The van der Waals surface area contributed by atoms with Gasteiger partial charge in [0.1, 0.15) is 0 Å². The zero-order chi connectivity index (χ0) is 13.3. The van der Waals surface area contributed by atoms with Gasteiger partial charge in [0.25, 0.3) is 0 Å². The molecule has 0 radical (unpaired) electrons. The minimum Gasteiger partial charge on any atom is -0.381 e. The molecule has 19 heavy (non-hydrogen) atoms. The first-order valence-electron chi connectivity index (χ1n) is 7.39. The molecule has 1 aromatic rings. The number of hydrogen-bond donors (Lipinski definition) is 1. The van der Waals surface area contributed by atoms with E-state index >= 15 is 0 Å². The van der Waals surface area contributed by atoms with E-state index in [0.29, 0.717) is 11.5 Å². The minimum absolute atomic E-state index is 0.602. The van der Waals surface area contributed by atoms with Crippen molar-refractivity contribution in [2.45, 2.75) is 57.4 Å². The van der Waals surface area contributed by atoms with Crippen molar-refractivity contribution in [1.29, 1.82) is 0 Å². The lowest BCUT2D eigenvalue weighted by atomic mass is 9.71. The van der Waals surface area contributed by atoms with Crippen molar-refractivity contribution < 1.29 is 0 Å². The molecule has 0 aliphatic heterocycles. The maximum atomic E-state index is 6.28. The third-order valence-corrected chi connectivity index (χ3v) is 5.81. The van der Waals surface area contributed by atoms with Crippen LogP contribution in [-0.2, 0) is 0 Å². The van der Waals surface area contributed by atoms with Crippen LogP contribution in [-0.4, -0.2) is 6.04 Å². The van der Waals surface area contributed by atoms with Gasteiger partial charge in [0.15, 0.2) is 0 Å². The Bertz CT molecular complexity index is 444. The molecule has 2 fully saturated rings. The Balaban J connectivity index is 1.60. The van der Waals surface area contributed by atoms with E-state index in [1.54, 1.807) is 0 Å². The molecule has 1 N–H and O–H groups in total. The largest absolute Gasteiger partial charge is 0.381 e. The van der Waals surface area contributed by atoms with Crippen LogP contribution in [0.3, 0.4) is 0 Å². The van der Waals surface area contributed by atoms with Gasteiger partial charge >= 0.3 is 0 Å². The Labute approximate surface area is 129 Å². The lowest BCUT2D eigenvalue weighted by Gasteiger charge is -2.38. The van der Waals surface area contributed by atoms with Crippen molar-refractivity contribution in [3.8, 4) is 0 Å². The molecule has 2 aliphatic carbocycles. The minimum atomic E-state index is 0.602. The molecule has 1 nitrogen and oxygen atoms in total. The van der Waals surface area contributed by atoms with Gasteiger partial charge in [-0.25, -0.2) is 0 Å². The van der Waals surface area contributed by atoms with E-state index in [-0.39, 0.29) is 0 Å². The summed E-state index contributed by atoms with van der Waals surface area (Å²) in [5.74, 6) is 0. The Kier molecular flexibility index (Phi) is 4.09. The Morgan fingerprint density at radius 3 is 2.42 bits per heavy atom. The highest BCUT2D eigenvalue weighted by atomic mass is 79.9. The van der Waals surface area contributed by atoms with Crippen molar-refractivity contribution in [2.24, 2.45) is 5.41 Å². The molecule has 0 heterocycles. The van der Waals surface area contributed by atoms with Crippen LogP contribution in [0.5, 0.6) is 0 Å². The van der Waals surface area contributed by atoms with Crippen molar-refractivity contribution in [1.82, 2.24) is 0 Å². The smallest absolute Gasteiger partial charge is 0.0648 e. The van der Waals surface area contributed by atoms with Crippen molar-refractivity contribution in [3.63, 3.8) is 0 Å². The second kappa shape index (κ2) is 5.65. The normalized spacial score (nSPS) is 22.8. The molecule has 0 unspecified atom stereocenters. The summed E-state index contributed by atoms with van der Waals surface area (Å²) in [5.41, 5.74) is 1.79. The third-order valence-electron chi connectivity index (χ3n) is 5.00. The average molecular weight is 343 g/mol. The molecule has 1 aromatic carbocycles. The zero-order valence-electron chi connectivity index (χ0n) is 11.2. The van der Waals surface area contributed by atoms with E-state index in [9.17, 15) is 0 Å². The highest BCUT2D eigenvalue weighted by Crippen LogP contribution is 2.49. The summed E-state index contributed by atoms with van der Waals surface area (Å²) >= 11 is 9.73. The highest BCUT2D eigenvalue weighted by Gasteiger charge is 2.37. The van der Waals surface area contributed by atoms with E-state index < -0.39 is 0 Å². The molecule has 0 atom stereocenters. The predicted molar refractivity (Wildman–Crippen MR) is 85.9 cm³/mol. The van der Waals surface area contributed by atoms with E-state index in [1.807, 2.05) is 6.07 Å². The molecular formula is C16H21BrClN. The van der Waals surface area contributed by atoms with E-state index in [4.69, 9.17) is 11.6 Å².